The summed E-state index contributed by atoms with van der Waals surface area (Å²) in [5, 5.41) is 4.93. The molecule has 2 atom stereocenters. The van der Waals surface area contributed by atoms with Crippen molar-refractivity contribution in [2.45, 2.75) is 38.0 Å². The molecular formula is C11H21N3OS. The maximum Gasteiger partial charge on any atom is 0.223 e. The van der Waals surface area contributed by atoms with Crippen LogP contribution in [0.1, 0.15) is 26.7 Å². The number of aliphatic imine (C=N–C) groups is 1. The number of nitrogens with zero attached hydrogens (tertiary/aromatic N) is 2. The third kappa shape index (κ3) is 4.43. The average Bonchev–Trinajstić information content (AvgIpc) is 2.15. The van der Waals surface area contributed by atoms with Crippen LogP contribution in [-0.2, 0) is 4.79 Å². The van der Waals surface area contributed by atoms with Gasteiger partial charge in [0.1, 0.15) is 0 Å². The van der Waals surface area contributed by atoms with Gasteiger partial charge in [-0.25, -0.2) is 0 Å². The number of rotatable bonds is 3. The second-order valence-electron chi connectivity index (χ2n) is 4.43. The Morgan fingerprint density at radius 2 is 2.25 bits per heavy atom. The molecule has 4 nitrogen and oxygen atoms in total. The molecule has 0 aromatic carbocycles. The van der Waals surface area contributed by atoms with Crippen LogP contribution in [0.25, 0.3) is 0 Å². The number of amides is 1. The molecule has 0 spiro atoms. The van der Waals surface area contributed by atoms with E-state index in [0.717, 1.165) is 5.17 Å². The highest BCUT2D eigenvalue weighted by molar-refractivity contribution is 8.14. The molecular weight excluding hydrogens is 222 g/mol. The average molecular weight is 243 g/mol. The summed E-state index contributed by atoms with van der Waals surface area (Å²) in [7, 11) is 3.54. The van der Waals surface area contributed by atoms with Crippen molar-refractivity contribution in [2.75, 3.05) is 20.6 Å². The highest BCUT2D eigenvalue weighted by Crippen LogP contribution is 2.22. The highest BCUT2D eigenvalue weighted by Gasteiger charge is 2.19. The van der Waals surface area contributed by atoms with Gasteiger partial charge >= 0.3 is 0 Å². The number of hydrogen-bond acceptors (Lipinski definition) is 3. The molecule has 5 heteroatoms. The molecule has 0 saturated carbocycles. The normalized spacial score (nSPS) is 27.6. The van der Waals surface area contributed by atoms with Gasteiger partial charge in [0.25, 0.3) is 0 Å². The van der Waals surface area contributed by atoms with Gasteiger partial charge in [0.2, 0.25) is 5.91 Å². The standard InChI is InChI=1S/C11H21N3OS/c1-8-7-9(2)16-11(13-8)12-6-5-10(15)14(3)4/h8-9H,5-7H2,1-4H3,(H,12,13). The zero-order chi connectivity index (χ0) is 12.1. The van der Waals surface area contributed by atoms with Gasteiger partial charge < -0.3 is 10.2 Å². The van der Waals surface area contributed by atoms with E-state index in [1.54, 1.807) is 30.8 Å². The summed E-state index contributed by atoms with van der Waals surface area (Å²) >= 11 is 1.76. The molecule has 1 rings (SSSR count). The monoisotopic (exact) mass is 243 g/mol. The molecule has 0 aromatic heterocycles. The molecule has 1 aliphatic heterocycles. The fourth-order valence-corrected chi connectivity index (χ4v) is 2.80. The van der Waals surface area contributed by atoms with Crippen LogP contribution in [0.15, 0.2) is 4.99 Å². The van der Waals surface area contributed by atoms with Crippen LogP contribution in [0.3, 0.4) is 0 Å². The van der Waals surface area contributed by atoms with Gasteiger partial charge in [-0.1, -0.05) is 18.7 Å². The van der Waals surface area contributed by atoms with Crippen molar-refractivity contribution in [3.63, 3.8) is 0 Å². The number of nitrogens with one attached hydrogen (secondary N) is 1. The Morgan fingerprint density at radius 1 is 1.56 bits per heavy atom. The first kappa shape index (κ1) is 13.4. The fourth-order valence-electron chi connectivity index (χ4n) is 1.60. The van der Waals surface area contributed by atoms with E-state index in [9.17, 15) is 4.79 Å². The van der Waals surface area contributed by atoms with Crippen molar-refractivity contribution in [2.24, 2.45) is 4.99 Å². The van der Waals surface area contributed by atoms with E-state index in [1.165, 1.54) is 6.42 Å². The van der Waals surface area contributed by atoms with E-state index < -0.39 is 0 Å². The third-order valence-electron chi connectivity index (χ3n) is 2.45. The maximum absolute atomic E-state index is 11.3. The Bertz CT molecular complexity index is 266. The van der Waals surface area contributed by atoms with Crippen molar-refractivity contribution in [3.8, 4) is 0 Å². The number of carbonyl (C=O) groups is 1. The summed E-state index contributed by atoms with van der Waals surface area (Å²) in [4.78, 5) is 17.4. The van der Waals surface area contributed by atoms with Gasteiger partial charge in [0.15, 0.2) is 5.17 Å². The highest BCUT2D eigenvalue weighted by atomic mass is 32.2. The van der Waals surface area contributed by atoms with Crippen LogP contribution in [0.4, 0.5) is 0 Å². The van der Waals surface area contributed by atoms with Crippen molar-refractivity contribution in [1.82, 2.24) is 10.2 Å². The molecule has 0 aliphatic carbocycles. The van der Waals surface area contributed by atoms with Crippen molar-refractivity contribution in [1.29, 1.82) is 0 Å². The molecule has 1 aliphatic rings. The zero-order valence-electron chi connectivity index (χ0n) is 10.5. The molecule has 92 valence electrons. The van der Waals surface area contributed by atoms with E-state index in [4.69, 9.17) is 0 Å². The second-order valence-corrected chi connectivity index (χ2v) is 5.86. The van der Waals surface area contributed by atoms with Crippen molar-refractivity contribution >= 4 is 22.8 Å². The number of amidine groups is 1. The Kier molecular flexibility index (Phi) is 5.12. The zero-order valence-corrected chi connectivity index (χ0v) is 11.3. The molecule has 1 N–H and O–H groups in total. The number of carbonyl (C=O) groups excluding carboxylic acids is 1. The molecule has 2 unspecified atom stereocenters. The van der Waals surface area contributed by atoms with E-state index >= 15 is 0 Å². The van der Waals surface area contributed by atoms with E-state index in [2.05, 4.69) is 24.2 Å². The minimum Gasteiger partial charge on any atom is -0.362 e. The second kappa shape index (κ2) is 6.13. The lowest BCUT2D eigenvalue weighted by Gasteiger charge is -2.26. The topological polar surface area (TPSA) is 44.7 Å². The summed E-state index contributed by atoms with van der Waals surface area (Å²) < 4.78 is 0. The van der Waals surface area contributed by atoms with Crippen LogP contribution < -0.4 is 5.32 Å². The molecule has 0 aromatic rings. The van der Waals surface area contributed by atoms with Crippen LogP contribution in [-0.4, -0.2) is 47.9 Å². The van der Waals surface area contributed by atoms with Gasteiger partial charge in [0, 0.05) is 31.8 Å². The summed E-state index contributed by atoms with van der Waals surface area (Å²) in [6.07, 6.45) is 1.65. The van der Waals surface area contributed by atoms with Crippen molar-refractivity contribution < 1.29 is 4.79 Å². The number of hydrogen-bond donors (Lipinski definition) is 1. The van der Waals surface area contributed by atoms with Crippen LogP contribution >= 0.6 is 11.8 Å². The first-order chi connectivity index (χ1) is 7.49. The van der Waals surface area contributed by atoms with Crippen LogP contribution in [0, 0.1) is 0 Å². The molecule has 0 radical (unpaired) electrons. The number of thioether (sulfide) groups is 1. The minimum absolute atomic E-state index is 0.131. The van der Waals surface area contributed by atoms with Crippen LogP contribution in [0.5, 0.6) is 0 Å². The Hall–Kier alpha value is -0.710. The lowest BCUT2D eigenvalue weighted by Crippen LogP contribution is -2.38. The molecule has 1 amide bonds. The summed E-state index contributed by atoms with van der Waals surface area (Å²) in [6, 6.07) is 0.486. The molecule has 1 heterocycles. The summed E-state index contributed by atoms with van der Waals surface area (Å²) in [6.45, 7) is 4.95. The van der Waals surface area contributed by atoms with E-state index in [1.807, 2.05) is 0 Å². The largest absolute Gasteiger partial charge is 0.362 e. The Labute approximate surface area is 102 Å². The maximum atomic E-state index is 11.3. The summed E-state index contributed by atoms with van der Waals surface area (Å²) in [5.74, 6) is 0.131. The minimum atomic E-state index is 0.131. The Balaban J connectivity index is 2.36. The van der Waals surface area contributed by atoms with Crippen molar-refractivity contribution in [3.05, 3.63) is 0 Å². The molecule has 0 bridgehead atoms. The third-order valence-corrected chi connectivity index (χ3v) is 3.51. The van der Waals surface area contributed by atoms with E-state index in [0.29, 0.717) is 24.3 Å². The quantitative estimate of drug-likeness (QED) is 0.813. The predicted octanol–water partition coefficient (Wildman–Crippen LogP) is 1.32. The Morgan fingerprint density at radius 3 is 2.81 bits per heavy atom. The van der Waals surface area contributed by atoms with Gasteiger partial charge in [-0.3, -0.25) is 9.79 Å². The SMILES string of the molecule is CC1CC(C)SC(=NCCC(=O)N(C)C)N1. The van der Waals surface area contributed by atoms with Gasteiger partial charge in [0.05, 0.1) is 6.54 Å². The summed E-state index contributed by atoms with van der Waals surface area (Å²) in [5.41, 5.74) is 0. The van der Waals surface area contributed by atoms with E-state index in [-0.39, 0.29) is 5.91 Å². The van der Waals surface area contributed by atoms with Crippen LogP contribution in [0.2, 0.25) is 0 Å². The smallest absolute Gasteiger partial charge is 0.223 e. The lowest BCUT2D eigenvalue weighted by atomic mass is 10.2. The van der Waals surface area contributed by atoms with Gasteiger partial charge in [-0.05, 0) is 13.3 Å². The van der Waals surface area contributed by atoms with Gasteiger partial charge in [-0.15, -0.1) is 0 Å². The predicted molar refractivity (Wildman–Crippen MR) is 69.9 cm³/mol. The van der Waals surface area contributed by atoms with Gasteiger partial charge in [-0.2, -0.15) is 0 Å². The molecule has 16 heavy (non-hydrogen) atoms. The fraction of sp³-hybridized carbons (Fsp3) is 0.818. The first-order valence-corrected chi connectivity index (χ1v) is 6.54. The lowest BCUT2D eigenvalue weighted by molar-refractivity contribution is -0.128. The molecule has 1 saturated heterocycles. The molecule has 1 fully saturated rings. The first-order valence-electron chi connectivity index (χ1n) is 5.67.